The van der Waals surface area contributed by atoms with Crippen molar-refractivity contribution in [1.82, 2.24) is 9.80 Å². The zero-order valence-corrected chi connectivity index (χ0v) is 19.2. The van der Waals surface area contributed by atoms with Crippen LogP contribution in [0.5, 0.6) is 11.5 Å². The highest BCUT2D eigenvalue weighted by atomic mass is 19.4. The first-order valence-electron chi connectivity index (χ1n) is 11.3. The number of para-hydroxylation sites is 1. The van der Waals surface area contributed by atoms with Gasteiger partial charge in [-0.2, -0.15) is 13.2 Å². The van der Waals surface area contributed by atoms with E-state index < -0.39 is 17.6 Å². The molecule has 5 rings (SSSR count). The normalized spacial score (nSPS) is 17.4. The summed E-state index contributed by atoms with van der Waals surface area (Å²) in [5.74, 6) is 0.730. The Labute approximate surface area is 204 Å². The number of aliphatic imine (C=N–C) groups is 1. The molecule has 0 unspecified atom stereocenters. The van der Waals surface area contributed by atoms with Crippen LogP contribution in [-0.2, 0) is 6.18 Å². The first-order valence-corrected chi connectivity index (χ1v) is 11.3. The van der Waals surface area contributed by atoms with Crippen molar-refractivity contribution in [3.63, 3.8) is 0 Å². The summed E-state index contributed by atoms with van der Waals surface area (Å²) in [7, 11) is 0. The number of rotatable bonds is 1. The summed E-state index contributed by atoms with van der Waals surface area (Å²) in [5.41, 5.74) is 0.263. The quantitative estimate of drug-likeness (QED) is 0.403. The molecule has 1 fully saturated rings. The van der Waals surface area contributed by atoms with Crippen molar-refractivity contribution in [3.05, 3.63) is 83.7 Å². The van der Waals surface area contributed by atoms with Crippen molar-refractivity contribution in [3.8, 4) is 11.5 Å². The molecule has 2 aliphatic rings. The summed E-state index contributed by atoms with van der Waals surface area (Å²) in [5, 5.41) is 2.71. The van der Waals surface area contributed by atoms with Crippen LogP contribution in [0.1, 0.15) is 18.1 Å². The fourth-order valence-electron chi connectivity index (χ4n) is 4.35. The Morgan fingerprint density at radius 3 is 2.58 bits per heavy atom. The fourth-order valence-corrected chi connectivity index (χ4v) is 4.35. The molecule has 186 valence electrons. The first kappa shape index (κ1) is 23.7. The number of hydrogen-bond acceptors (Lipinski definition) is 4. The summed E-state index contributed by atoms with van der Waals surface area (Å²) >= 11 is 0. The molecule has 0 aliphatic carbocycles. The van der Waals surface area contributed by atoms with Gasteiger partial charge in [-0.3, -0.25) is 0 Å². The Balaban J connectivity index is 1.42. The minimum atomic E-state index is -4.51. The monoisotopic (exact) mass is 498 g/mol. The first-order chi connectivity index (χ1) is 17.2. The molecule has 2 heterocycles. The lowest BCUT2D eigenvalue weighted by Gasteiger charge is -2.41. The van der Waals surface area contributed by atoms with E-state index in [1.54, 1.807) is 35.2 Å². The van der Waals surface area contributed by atoms with Crippen LogP contribution in [-0.4, -0.2) is 47.3 Å². The van der Waals surface area contributed by atoms with Crippen molar-refractivity contribution in [2.75, 3.05) is 25.0 Å². The third-order valence-corrected chi connectivity index (χ3v) is 6.12. The number of alkyl halides is 3. The molecule has 0 bridgehead atoms. The van der Waals surface area contributed by atoms with Gasteiger partial charge in [-0.05, 0) is 55.5 Å². The number of carbonyl (C=O) groups excluding carboxylic acids is 1. The molecule has 2 aliphatic heterocycles. The predicted molar refractivity (Wildman–Crippen MR) is 127 cm³/mol. The van der Waals surface area contributed by atoms with E-state index in [4.69, 9.17) is 4.74 Å². The van der Waals surface area contributed by atoms with Gasteiger partial charge < -0.3 is 19.9 Å². The SMILES string of the molecule is C[C@H]1CN(C2=Nc3cc(C(F)(F)F)ccc3Oc3ccccc32)CCN1C(=O)Nc1cccc(F)c1. The molecule has 2 amide bonds. The number of nitrogens with zero attached hydrogens (tertiary/aromatic N) is 3. The second-order valence-corrected chi connectivity index (χ2v) is 8.64. The summed E-state index contributed by atoms with van der Waals surface area (Å²) in [6.45, 7) is 2.98. The van der Waals surface area contributed by atoms with E-state index in [1.807, 2.05) is 11.8 Å². The van der Waals surface area contributed by atoms with Crippen LogP contribution < -0.4 is 10.1 Å². The van der Waals surface area contributed by atoms with E-state index >= 15 is 0 Å². The molecule has 3 aromatic carbocycles. The van der Waals surface area contributed by atoms with Crippen molar-refractivity contribution >= 4 is 23.2 Å². The maximum atomic E-state index is 13.5. The molecule has 10 heteroatoms. The van der Waals surface area contributed by atoms with Gasteiger partial charge in [0.15, 0.2) is 5.75 Å². The fraction of sp³-hybridized carbons (Fsp3) is 0.231. The molecule has 3 aromatic rings. The average Bonchev–Trinajstić information content (AvgIpc) is 2.99. The standard InChI is InChI=1S/C26H22F4N4O2/c1-16-15-33(11-12-34(16)25(35)31-19-6-4-5-18(27)14-19)24-20-7-2-3-8-22(20)36-23-10-9-17(26(28,29)30)13-21(23)32-24/h2-10,13-14,16H,11-12,15H2,1H3,(H,31,35)/t16-/m0/s1. The topological polar surface area (TPSA) is 57.2 Å². The van der Waals surface area contributed by atoms with Gasteiger partial charge in [-0.1, -0.05) is 18.2 Å². The van der Waals surface area contributed by atoms with Crippen molar-refractivity contribution < 1.29 is 27.1 Å². The van der Waals surface area contributed by atoms with E-state index in [2.05, 4.69) is 10.3 Å². The van der Waals surface area contributed by atoms with Crippen LogP contribution in [0.25, 0.3) is 0 Å². The number of piperazine rings is 1. The van der Waals surface area contributed by atoms with Gasteiger partial charge in [-0.15, -0.1) is 0 Å². The third kappa shape index (κ3) is 4.71. The van der Waals surface area contributed by atoms with Crippen molar-refractivity contribution in [2.24, 2.45) is 4.99 Å². The summed E-state index contributed by atoms with van der Waals surface area (Å²) in [4.78, 5) is 21.0. The molecule has 0 saturated carbocycles. The van der Waals surface area contributed by atoms with E-state index in [-0.39, 0.29) is 23.5 Å². The highest BCUT2D eigenvalue weighted by Gasteiger charge is 2.34. The van der Waals surface area contributed by atoms with Crippen molar-refractivity contribution in [1.29, 1.82) is 0 Å². The second kappa shape index (κ2) is 9.18. The minimum Gasteiger partial charge on any atom is -0.454 e. The van der Waals surface area contributed by atoms with Crippen LogP contribution in [0.3, 0.4) is 0 Å². The highest BCUT2D eigenvalue weighted by molar-refractivity contribution is 6.04. The summed E-state index contributed by atoms with van der Waals surface area (Å²) in [6.07, 6.45) is -4.51. The number of amidine groups is 1. The second-order valence-electron chi connectivity index (χ2n) is 8.64. The molecular formula is C26H22F4N4O2. The Morgan fingerprint density at radius 1 is 1.03 bits per heavy atom. The smallest absolute Gasteiger partial charge is 0.416 e. The van der Waals surface area contributed by atoms with E-state index in [0.29, 0.717) is 42.5 Å². The van der Waals surface area contributed by atoms with Gasteiger partial charge in [0.1, 0.15) is 23.1 Å². The van der Waals surface area contributed by atoms with Gasteiger partial charge in [0.05, 0.1) is 11.1 Å². The Morgan fingerprint density at radius 2 is 1.83 bits per heavy atom. The molecule has 1 saturated heterocycles. The lowest BCUT2D eigenvalue weighted by molar-refractivity contribution is -0.137. The maximum absolute atomic E-state index is 13.5. The Bertz CT molecular complexity index is 1340. The van der Waals surface area contributed by atoms with Gasteiger partial charge in [0, 0.05) is 31.4 Å². The molecule has 0 radical (unpaired) electrons. The summed E-state index contributed by atoms with van der Waals surface area (Å²) in [6, 6.07) is 15.4. The number of benzene rings is 3. The van der Waals surface area contributed by atoms with Crippen LogP contribution in [0.15, 0.2) is 71.7 Å². The molecule has 6 nitrogen and oxygen atoms in total. The lowest BCUT2D eigenvalue weighted by atomic mass is 10.1. The largest absolute Gasteiger partial charge is 0.454 e. The number of halogens is 4. The van der Waals surface area contributed by atoms with Crippen LogP contribution in [0, 0.1) is 5.82 Å². The summed E-state index contributed by atoms with van der Waals surface area (Å²) < 4.78 is 59.5. The number of nitrogens with one attached hydrogen (secondary N) is 1. The Hall–Kier alpha value is -4.08. The van der Waals surface area contributed by atoms with E-state index in [0.717, 1.165) is 12.1 Å². The molecular weight excluding hydrogens is 476 g/mol. The van der Waals surface area contributed by atoms with E-state index in [9.17, 15) is 22.4 Å². The van der Waals surface area contributed by atoms with Crippen LogP contribution in [0.2, 0.25) is 0 Å². The van der Waals surface area contributed by atoms with Crippen molar-refractivity contribution in [2.45, 2.75) is 19.1 Å². The zero-order valence-electron chi connectivity index (χ0n) is 19.2. The van der Waals surface area contributed by atoms with E-state index in [1.165, 1.54) is 24.3 Å². The number of anilines is 1. The average molecular weight is 498 g/mol. The molecule has 1 atom stereocenters. The van der Waals surface area contributed by atoms with Gasteiger partial charge in [-0.25, -0.2) is 14.2 Å². The van der Waals surface area contributed by atoms with Crippen LogP contribution in [0.4, 0.5) is 33.7 Å². The lowest BCUT2D eigenvalue weighted by Crippen LogP contribution is -2.56. The Kier molecular flexibility index (Phi) is 6.03. The molecule has 1 N–H and O–H groups in total. The number of hydrogen-bond donors (Lipinski definition) is 1. The van der Waals surface area contributed by atoms with Gasteiger partial charge >= 0.3 is 12.2 Å². The van der Waals surface area contributed by atoms with Gasteiger partial charge in [0.25, 0.3) is 0 Å². The molecule has 0 aromatic heterocycles. The van der Waals surface area contributed by atoms with Crippen LogP contribution >= 0.6 is 0 Å². The number of fused-ring (bicyclic) bond motifs is 2. The third-order valence-electron chi connectivity index (χ3n) is 6.12. The minimum absolute atomic E-state index is 0.0787. The number of carbonyl (C=O) groups is 1. The maximum Gasteiger partial charge on any atom is 0.416 e. The number of ether oxygens (including phenoxy) is 1. The molecule has 36 heavy (non-hydrogen) atoms. The zero-order chi connectivity index (χ0) is 25.4. The number of amides is 2. The highest BCUT2D eigenvalue weighted by Crippen LogP contribution is 2.41. The number of urea groups is 1. The molecule has 0 spiro atoms. The predicted octanol–water partition coefficient (Wildman–Crippen LogP) is 6.27. The van der Waals surface area contributed by atoms with Gasteiger partial charge in [0.2, 0.25) is 0 Å².